The van der Waals surface area contributed by atoms with Gasteiger partial charge in [0.25, 0.3) is 0 Å². The van der Waals surface area contributed by atoms with E-state index in [0.717, 1.165) is 0 Å². The van der Waals surface area contributed by atoms with Crippen molar-refractivity contribution in [3.05, 3.63) is 4.91 Å². The maximum absolute atomic E-state index is 11.9. The van der Waals surface area contributed by atoms with Gasteiger partial charge in [0, 0.05) is 5.54 Å². The molecule has 0 saturated carbocycles. The van der Waals surface area contributed by atoms with Crippen LogP contribution in [0.5, 0.6) is 0 Å². The van der Waals surface area contributed by atoms with Gasteiger partial charge in [-0.1, -0.05) is 0 Å². The summed E-state index contributed by atoms with van der Waals surface area (Å²) in [5.41, 5.74) is 5.03. The lowest BCUT2D eigenvalue weighted by atomic mass is 10.0. The quantitative estimate of drug-likeness (QED) is 0.486. The Balaban J connectivity index is 4.89. The number of hydrogen-bond acceptors (Lipinski definition) is 4. The molecule has 0 aromatic rings. The third-order valence-corrected chi connectivity index (χ3v) is 1.87. The number of hydrogen-bond donors (Lipinski definition) is 3. The minimum Gasteiger partial charge on any atom is -0.350 e. The summed E-state index contributed by atoms with van der Waals surface area (Å²) in [5.74, 6) is -0.460. The number of nitroso groups, excluding NO2 is 1. The van der Waals surface area contributed by atoms with Crippen molar-refractivity contribution in [2.24, 2.45) is 11.0 Å². The standard InChI is InChI=1S/C9H19N5O3/c1-8(2,3)11-6(15)9(4,5)14(13-17)12-7(10)16/h1-5H3,(H,11,15)(H3,10,12,16). The van der Waals surface area contributed by atoms with Gasteiger partial charge >= 0.3 is 6.03 Å². The average molecular weight is 245 g/mol. The van der Waals surface area contributed by atoms with Gasteiger partial charge in [-0.05, 0) is 34.6 Å². The van der Waals surface area contributed by atoms with Crippen molar-refractivity contribution in [3.8, 4) is 0 Å². The van der Waals surface area contributed by atoms with Gasteiger partial charge in [0.2, 0.25) is 5.91 Å². The van der Waals surface area contributed by atoms with E-state index >= 15 is 0 Å². The van der Waals surface area contributed by atoms with E-state index in [1.165, 1.54) is 13.8 Å². The molecule has 0 saturated heterocycles. The van der Waals surface area contributed by atoms with Gasteiger partial charge in [-0.2, -0.15) is 5.12 Å². The van der Waals surface area contributed by atoms with Crippen molar-refractivity contribution in [3.63, 3.8) is 0 Å². The molecule has 8 heteroatoms. The monoisotopic (exact) mass is 245 g/mol. The molecule has 0 aromatic heterocycles. The van der Waals surface area contributed by atoms with Crippen LogP contribution < -0.4 is 16.5 Å². The summed E-state index contributed by atoms with van der Waals surface area (Å²) in [6.07, 6.45) is 0. The van der Waals surface area contributed by atoms with E-state index in [4.69, 9.17) is 5.73 Å². The first kappa shape index (κ1) is 15.1. The van der Waals surface area contributed by atoms with Gasteiger partial charge in [-0.3, -0.25) is 4.79 Å². The molecule has 0 spiro atoms. The normalized spacial score (nSPS) is 11.6. The summed E-state index contributed by atoms with van der Waals surface area (Å²) < 4.78 is 0. The lowest BCUT2D eigenvalue weighted by Gasteiger charge is -2.34. The maximum Gasteiger partial charge on any atom is 0.332 e. The fraction of sp³-hybridized carbons (Fsp3) is 0.778. The van der Waals surface area contributed by atoms with Crippen LogP contribution in [0.3, 0.4) is 0 Å². The Hall–Kier alpha value is -1.86. The Morgan fingerprint density at radius 3 is 1.94 bits per heavy atom. The molecule has 0 aromatic carbocycles. The molecule has 3 amide bonds. The molecule has 0 aliphatic carbocycles. The van der Waals surface area contributed by atoms with E-state index in [1.54, 1.807) is 20.8 Å². The number of hydrazine groups is 1. The van der Waals surface area contributed by atoms with Gasteiger partial charge in [-0.15, -0.1) is 4.91 Å². The minimum atomic E-state index is -1.34. The summed E-state index contributed by atoms with van der Waals surface area (Å²) in [4.78, 5) is 33.2. The predicted molar refractivity (Wildman–Crippen MR) is 62.3 cm³/mol. The highest BCUT2D eigenvalue weighted by Crippen LogP contribution is 2.14. The lowest BCUT2D eigenvalue weighted by Crippen LogP contribution is -2.61. The van der Waals surface area contributed by atoms with Crippen LogP contribution >= 0.6 is 0 Å². The first-order valence-electron chi connectivity index (χ1n) is 5.03. The van der Waals surface area contributed by atoms with E-state index in [-0.39, 0.29) is 0 Å². The molecule has 0 unspecified atom stereocenters. The van der Waals surface area contributed by atoms with Crippen molar-refractivity contribution >= 4 is 11.9 Å². The van der Waals surface area contributed by atoms with Gasteiger partial charge in [-0.25, -0.2) is 10.2 Å². The second kappa shape index (κ2) is 4.98. The number of primary amides is 1. The van der Waals surface area contributed by atoms with E-state index in [1.807, 2.05) is 5.43 Å². The Labute approximate surface area is 99.8 Å². The average Bonchev–Trinajstić information content (AvgIpc) is 2.10. The van der Waals surface area contributed by atoms with Gasteiger partial charge in [0.05, 0.1) is 5.29 Å². The predicted octanol–water partition coefficient (Wildman–Crippen LogP) is 0.246. The van der Waals surface area contributed by atoms with Crippen LogP contribution in [-0.4, -0.2) is 28.1 Å². The van der Waals surface area contributed by atoms with Crippen LogP contribution in [0.2, 0.25) is 0 Å². The first-order chi connectivity index (χ1) is 7.50. The molecular weight excluding hydrogens is 226 g/mol. The number of amides is 3. The molecule has 8 nitrogen and oxygen atoms in total. The summed E-state index contributed by atoms with van der Waals surface area (Å²) in [6, 6.07) is -0.971. The number of carbonyl (C=O) groups excluding carboxylic acids is 2. The minimum absolute atomic E-state index is 0.460. The zero-order valence-corrected chi connectivity index (χ0v) is 10.7. The molecule has 0 rings (SSSR count). The lowest BCUT2D eigenvalue weighted by molar-refractivity contribution is -0.134. The smallest absolute Gasteiger partial charge is 0.332 e. The summed E-state index contributed by atoms with van der Waals surface area (Å²) >= 11 is 0. The third-order valence-electron chi connectivity index (χ3n) is 1.87. The Bertz CT molecular complexity index is 321. The molecule has 4 N–H and O–H groups in total. The molecule has 0 heterocycles. The summed E-state index contributed by atoms with van der Waals surface area (Å²) in [5, 5.41) is 5.82. The molecule has 0 aliphatic heterocycles. The molecule has 0 radical (unpaired) electrons. The van der Waals surface area contributed by atoms with Crippen LogP contribution in [0.15, 0.2) is 5.29 Å². The number of nitrogens with one attached hydrogen (secondary N) is 2. The Morgan fingerprint density at radius 2 is 1.65 bits per heavy atom. The van der Waals surface area contributed by atoms with Crippen molar-refractivity contribution < 1.29 is 9.59 Å². The van der Waals surface area contributed by atoms with Crippen LogP contribution in [0, 0.1) is 4.91 Å². The molecular formula is C9H19N5O3. The van der Waals surface area contributed by atoms with Crippen LogP contribution in [0.4, 0.5) is 4.79 Å². The summed E-state index contributed by atoms with van der Waals surface area (Å²) in [7, 11) is 0. The topological polar surface area (TPSA) is 117 Å². The number of rotatable bonds is 4. The fourth-order valence-corrected chi connectivity index (χ4v) is 0.956. The molecule has 0 fully saturated rings. The van der Waals surface area contributed by atoms with Crippen LogP contribution in [0.25, 0.3) is 0 Å². The maximum atomic E-state index is 11.9. The molecule has 98 valence electrons. The van der Waals surface area contributed by atoms with Crippen molar-refractivity contribution in [1.82, 2.24) is 15.9 Å². The van der Waals surface area contributed by atoms with E-state index < -0.39 is 23.0 Å². The SMILES string of the molecule is CC(C)(C)NC(=O)C(C)(C)N(N=O)NC(N)=O. The van der Waals surface area contributed by atoms with E-state index in [2.05, 4.69) is 10.6 Å². The Kier molecular flexibility index (Phi) is 4.44. The number of nitrogens with two attached hydrogens (primary N) is 1. The van der Waals surface area contributed by atoms with Crippen LogP contribution in [0.1, 0.15) is 34.6 Å². The zero-order valence-electron chi connectivity index (χ0n) is 10.7. The highest BCUT2D eigenvalue weighted by Gasteiger charge is 2.38. The zero-order chi connectivity index (χ0) is 13.9. The fourth-order valence-electron chi connectivity index (χ4n) is 0.956. The molecule has 17 heavy (non-hydrogen) atoms. The third kappa shape index (κ3) is 4.66. The van der Waals surface area contributed by atoms with E-state index in [0.29, 0.717) is 5.12 Å². The molecule has 0 atom stereocenters. The number of urea groups is 1. The highest BCUT2D eigenvalue weighted by atomic mass is 16.3. The molecule has 0 aliphatic rings. The number of nitrogens with zero attached hydrogens (tertiary/aromatic N) is 2. The van der Waals surface area contributed by atoms with Crippen molar-refractivity contribution in [1.29, 1.82) is 0 Å². The Morgan fingerprint density at radius 1 is 1.18 bits per heavy atom. The van der Waals surface area contributed by atoms with Gasteiger partial charge < -0.3 is 11.1 Å². The highest BCUT2D eigenvalue weighted by molar-refractivity contribution is 5.86. The second-order valence-electron chi connectivity index (χ2n) is 5.13. The van der Waals surface area contributed by atoms with Crippen molar-refractivity contribution in [2.45, 2.75) is 45.7 Å². The molecule has 0 bridgehead atoms. The van der Waals surface area contributed by atoms with Gasteiger partial charge in [0.1, 0.15) is 0 Å². The van der Waals surface area contributed by atoms with Crippen molar-refractivity contribution in [2.75, 3.05) is 0 Å². The first-order valence-corrected chi connectivity index (χ1v) is 5.03. The van der Waals surface area contributed by atoms with E-state index in [9.17, 15) is 14.5 Å². The van der Waals surface area contributed by atoms with Crippen LogP contribution in [-0.2, 0) is 4.79 Å². The van der Waals surface area contributed by atoms with Gasteiger partial charge in [0.15, 0.2) is 5.54 Å². The second-order valence-corrected chi connectivity index (χ2v) is 5.13. The number of carbonyl (C=O) groups is 2. The largest absolute Gasteiger partial charge is 0.350 e. The summed E-state index contributed by atoms with van der Waals surface area (Å²) in [6.45, 7) is 8.25.